The first kappa shape index (κ1) is 15.8. The molecule has 0 spiro atoms. The predicted molar refractivity (Wildman–Crippen MR) is 89.2 cm³/mol. The van der Waals surface area contributed by atoms with Gasteiger partial charge in [-0.25, -0.2) is 0 Å². The van der Waals surface area contributed by atoms with Crippen LogP contribution in [-0.4, -0.2) is 37.7 Å². The molecule has 2 aromatic rings. The van der Waals surface area contributed by atoms with Gasteiger partial charge in [-0.05, 0) is 24.1 Å². The van der Waals surface area contributed by atoms with E-state index in [1.54, 1.807) is 19.4 Å². The van der Waals surface area contributed by atoms with Gasteiger partial charge in [-0.3, -0.25) is 9.98 Å². The number of nitrogens with one attached hydrogen (secondary N) is 2. The Bertz CT molecular complexity index is 557. The summed E-state index contributed by atoms with van der Waals surface area (Å²) in [5.74, 6) is 1.56. The number of hydrogen-bond donors (Lipinski definition) is 2. The van der Waals surface area contributed by atoms with Crippen LogP contribution in [0.4, 0.5) is 0 Å². The number of nitrogens with zero attached hydrogens (tertiary/aromatic N) is 2. The van der Waals surface area contributed by atoms with Gasteiger partial charge in [0, 0.05) is 19.8 Å². The Morgan fingerprint density at radius 3 is 2.64 bits per heavy atom. The average Bonchev–Trinajstić information content (AvgIpc) is 2.59. The lowest BCUT2D eigenvalue weighted by Crippen LogP contribution is -2.40. The fourth-order valence-corrected chi connectivity index (χ4v) is 1.96. The van der Waals surface area contributed by atoms with Crippen molar-refractivity contribution in [3.8, 4) is 5.75 Å². The Morgan fingerprint density at radius 2 is 1.91 bits per heavy atom. The van der Waals surface area contributed by atoms with Gasteiger partial charge in [-0.15, -0.1) is 0 Å². The summed E-state index contributed by atoms with van der Waals surface area (Å²) in [6.45, 7) is 2.08. The third kappa shape index (κ3) is 5.83. The van der Waals surface area contributed by atoms with Crippen LogP contribution < -0.4 is 15.4 Å². The third-order valence-corrected chi connectivity index (χ3v) is 3.07. The zero-order chi connectivity index (χ0) is 15.5. The van der Waals surface area contributed by atoms with Crippen molar-refractivity contribution in [2.75, 3.05) is 26.7 Å². The van der Waals surface area contributed by atoms with E-state index >= 15 is 0 Å². The Labute approximate surface area is 131 Å². The molecule has 0 unspecified atom stereocenters. The maximum absolute atomic E-state index is 5.57. The minimum atomic E-state index is 0.561. The van der Waals surface area contributed by atoms with Crippen LogP contribution in [0, 0.1) is 0 Å². The number of ether oxygens (including phenoxy) is 1. The molecule has 22 heavy (non-hydrogen) atoms. The number of hydrogen-bond acceptors (Lipinski definition) is 3. The Kier molecular flexibility index (Phi) is 6.75. The van der Waals surface area contributed by atoms with Crippen LogP contribution in [0.15, 0.2) is 59.9 Å². The second-order valence-electron chi connectivity index (χ2n) is 4.70. The summed E-state index contributed by atoms with van der Waals surface area (Å²) in [4.78, 5) is 8.19. The van der Waals surface area contributed by atoms with E-state index in [1.807, 2.05) is 18.2 Å². The highest BCUT2D eigenvalue weighted by atomic mass is 16.5. The van der Waals surface area contributed by atoms with Gasteiger partial charge in [0.2, 0.25) is 0 Å². The van der Waals surface area contributed by atoms with Crippen molar-refractivity contribution in [2.24, 2.45) is 4.99 Å². The van der Waals surface area contributed by atoms with Crippen molar-refractivity contribution >= 4 is 5.96 Å². The summed E-state index contributed by atoms with van der Waals surface area (Å²) in [5, 5.41) is 6.51. The Hall–Kier alpha value is -2.56. The smallest absolute Gasteiger partial charge is 0.191 e. The summed E-state index contributed by atoms with van der Waals surface area (Å²) in [5.41, 5.74) is 1.31. The first-order valence-electron chi connectivity index (χ1n) is 7.40. The van der Waals surface area contributed by atoms with Crippen LogP contribution in [0.3, 0.4) is 0 Å². The molecule has 0 fully saturated rings. The standard InChI is InChI=1S/C17H22N4O/c1-18-17(20-11-9-15-6-3-2-4-7-15)21-12-13-22-16-8-5-10-19-14-16/h2-8,10,14H,9,11-13H2,1H3,(H2,18,20,21). The maximum Gasteiger partial charge on any atom is 0.191 e. The van der Waals surface area contributed by atoms with Crippen LogP contribution in [0.2, 0.25) is 0 Å². The molecular weight excluding hydrogens is 276 g/mol. The van der Waals surface area contributed by atoms with Gasteiger partial charge in [-0.2, -0.15) is 0 Å². The molecule has 116 valence electrons. The van der Waals surface area contributed by atoms with Gasteiger partial charge >= 0.3 is 0 Å². The van der Waals surface area contributed by atoms with E-state index in [0.29, 0.717) is 13.2 Å². The minimum absolute atomic E-state index is 0.561. The number of guanidine groups is 1. The van der Waals surface area contributed by atoms with Gasteiger partial charge in [0.25, 0.3) is 0 Å². The van der Waals surface area contributed by atoms with E-state index in [0.717, 1.165) is 24.7 Å². The number of aromatic nitrogens is 1. The van der Waals surface area contributed by atoms with Gasteiger partial charge in [0.1, 0.15) is 12.4 Å². The van der Waals surface area contributed by atoms with Crippen LogP contribution in [0.25, 0.3) is 0 Å². The van der Waals surface area contributed by atoms with Gasteiger partial charge in [-0.1, -0.05) is 30.3 Å². The molecule has 0 saturated carbocycles. The minimum Gasteiger partial charge on any atom is -0.490 e. The summed E-state index contributed by atoms with van der Waals surface area (Å²) in [7, 11) is 1.76. The molecule has 1 heterocycles. The lowest BCUT2D eigenvalue weighted by molar-refractivity contribution is 0.320. The molecule has 0 amide bonds. The Morgan fingerprint density at radius 1 is 1.09 bits per heavy atom. The van der Waals surface area contributed by atoms with Gasteiger partial charge in [0.05, 0.1) is 12.7 Å². The molecule has 0 aliphatic carbocycles. The van der Waals surface area contributed by atoms with Crippen LogP contribution in [-0.2, 0) is 6.42 Å². The molecule has 2 N–H and O–H groups in total. The average molecular weight is 298 g/mol. The van der Waals surface area contributed by atoms with Crippen molar-refractivity contribution in [3.63, 3.8) is 0 Å². The lowest BCUT2D eigenvalue weighted by atomic mass is 10.1. The largest absolute Gasteiger partial charge is 0.490 e. The van der Waals surface area contributed by atoms with Crippen LogP contribution in [0.1, 0.15) is 5.56 Å². The molecule has 0 bridgehead atoms. The van der Waals surface area contributed by atoms with E-state index in [2.05, 4.69) is 44.9 Å². The number of rotatable bonds is 7. The van der Waals surface area contributed by atoms with E-state index < -0.39 is 0 Å². The second-order valence-corrected chi connectivity index (χ2v) is 4.70. The van der Waals surface area contributed by atoms with E-state index in [9.17, 15) is 0 Å². The highest BCUT2D eigenvalue weighted by Crippen LogP contribution is 2.04. The predicted octanol–water partition coefficient (Wildman–Crippen LogP) is 1.87. The fraction of sp³-hybridized carbons (Fsp3) is 0.294. The van der Waals surface area contributed by atoms with Crippen molar-refractivity contribution in [3.05, 3.63) is 60.4 Å². The van der Waals surface area contributed by atoms with Crippen molar-refractivity contribution < 1.29 is 4.74 Å². The molecule has 5 nitrogen and oxygen atoms in total. The normalized spacial score (nSPS) is 11.0. The van der Waals surface area contributed by atoms with E-state index in [4.69, 9.17) is 4.74 Å². The molecule has 0 radical (unpaired) electrons. The van der Waals surface area contributed by atoms with Crippen molar-refractivity contribution in [1.29, 1.82) is 0 Å². The third-order valence-electron chi connectivity index (χ3n) is 3.07. The van der Waals surface area contributed by atoms with Gasteiger partial charge in [0.15, 0.2) is 5.96 Å². The monoisotopic (exact) mass is 298 g/mol. The maximum atomic E-state index is 5.57. The quantitative estimate of drug-likeness (QED) is 0.465. The fourth-order valence-electron chi connectivity index (χ4n) is 1.96. The molecule has 0 aliphatic rings. The molecule has 0 aliphatic heterocycles. The van der Waals surface area contributed by atoms with E-state index in [1.165, 1.54) is 5.56 Å². The van der Waals surface area contributed by atoms with Crippen LogP contribution >= 0.6 is 0 Å². The summed E-state index contributed by atoms with van der Waals surface area (Å²) in [6, 6.07) is 14.1. The highest BCUT2D eigenvalue weighted by Gasteiger charge is 1.98. The highest BCUT2D eigenvalue weighted by molar-refractivity contribution is 5.79. The first-order chi connectivity index (χ1) is 10.9. The topological polar surface area (TPSA) is 58.5 Å². The zero-order valence-electron chi connectivity index (χ0n) is 12.8. The number of pyridine rings is 1. The number of benzene rings is 1. The summed E-state index contributed by atoms with van der Waals surface area (Å²) in [6.07, 6.45) is 4.39. The van der Waals surface area contributed by atoms with E-state index in [-0.39, 0.29) is 0 Å². The second kappa shape index (κ2) is 9.39. The molecule has 1 aromatic heterocycles. The van der Waals surface area contributed by atoms with Crippen molar-refractivity contribution in [1.82, 2.24) is 15.6 Å². The van der Waals surface area contributed by atoms with Gasteiger partial charge < -0.3 is 15.4 Å². The van der Waals surface area contributed by atoms with Crippen LogP contribution in [0.5, 0.6) is 5.75 Å². The molecule has 0 saturated heterocycles. The molecule has 0 atom stereocenters. The summed E-state index contributed by atoms with van der Waals surface area (Å²) >= 11 is 0. The molecule has 5 heteroatoms. The first-order valence-corrected chi connectivity index (χ1v) is 7.40. The molecule has 2 rings (SSSR count). The SMILES string of the molecule is CN=C(NCCOc1cccnc1)NCCc1ccccc1. The zero-order valence-corrected chi connectivity index (χ0v) is 12.8. The van der Waals surface area contributed by atoms with Crippen molar-refractivity contribution in [2.45, 2.75) is 6.42 Å². The Balaban J connectivity index is 1.61. The number of aliphatic imine (C=N–C) groups is 1. The summed E-state index contributed by atoms with van der Waals surface area (Å²) < 4.78 is 5.57. The molecule has 1 aromatic carbocycles. The molecular formula is C17H22N4O. The lowest BCUT2D eigenvalue weighted by Gasteiger charge is -2.12.